The van der Waals surface area contributed by atoms with E-state index in [1.54, 1.807) is 30.3 Å². The highest BCUT2D eigenvalue weighted by atomic mass is 32.2. The van der Waals surface area contributed by atoms with E-state index in [1.807, 2.05) is 38.1 Å². The van der Waals surface area contributed by atoms with Crippen LogP contribution in [0.15, 0.2) is 53.4 Å². The van der Waals surface area contributed by atoms with Crippen molar-refractivity contribution in [3.05, 3.63) is 65.2 Å². The smallest absolute Gasteiger partial charge is 0.240 e. The quantitative estimate of drug-likeness (QED) is 0.833. The number of hydrogen-bond acceptors (Lipinski definition) is 3. The predicted octanol–water partition coefficient (Wildman–Crippen LogP) is 2.88. The first-order valence-electron chi connectivity index (χ1n) is 6.98. The van der Waals surface area contributed by atoms with Gasteiger partial charge in [0, 0.05) is 17.8 Å². The molecule has 0 saturated carbocycles. The number of sulfonamides is 1. The maximum atomic E-state index is 12.1. The maximum Gasteiger partial charge on any atom is 0.240 e. The van der Waals surface area contributed by atoms with Gasteiger partial charge in [-0.1, -0.05) is 42.0 Å². The van der Waals surface area contributed by atoms with E-state index in [4.69, 9.17) is 5.73 Å². The van der Waals surface area contributed by atoms with E-state index in [2.05, 4.69) is 4.72 Å². The van der Waals surface area contributed by atoms with Gasteiger partial charge in [-0.3, -0.25) is 0 Å². The summed E-state index contributed by atoms with van der Waals surface area (Å²) in [6.07, 6.45) is 3.59. The summed E-state index contributed by atoms with van der Waals surface area (Å²) in [5.41, 5.74) is 9.57. The SMILES string of the molecule is Cc1ccc(S(=O)(=O)NC/C=C/c2c(C)cccc2N)cc1. The monoisotopic (exact) mass is 316 g/mol. The molecule has 0 unspecified atom stereocenters. The number of rotatable bonds is 5. The van der Waals surface area contributed by atoms with Crippen LogP contribution in [0.1, 0.15) is 16.7 Å². The molecule has 0 aliphatic rings. The zero-order valence-electron chi connectivity index (χ0n) is 12.7. The van der Waals surface area contributed by atoms with Crippen molar-refractivity contribution < 1.29 is 8.42 Å². The van der Waals surface area contributed by atoms with Crippen molar-refractivity contribution in [2.24, 2.45) is 0 Å². The average Bonchev–Trinajstić information content (AvgIpc) is 2.46. The van der Waals surface area contributed by atoms with Crippen LogP contribution in [0.2, 0.25) is 0 Å². The van der Waals surface area contributed by atoms with Crippen LogP contribution >= 0.6 is 0 Å². The minimum absolute atomic E-state index is 0.212. The number of nitrogens with one attached hydrogen (secondary N) is 1. The summed E-state index contributed by atoms with van der Waals surface area (Å²) in [6, 6.07) is 12.4. The molecule has 0 fully saturated rings. The topological polar surface area (TPSA) is 72.2 Å². The first-order valence-corrected chi connectivity index (χ1v) is 8.46. The van der Waals surface area contributed by atoms with Crippen LogP contribution < -0.4 is 10.5 Å². The molecule has 0 aliphatic carbocycles. The Bertz CT molecular complexity index is 759. The lowest BCUT2D eigenvalue weighted by Gasteiger charge is -2.06. The van der Waals surface area contributed by atoms with Gasteiger partial charge < -0.3 is 5.73 Å². The Morgan fingerprint density at radius 2 is 1.77 bits per heavy atom. The number of benzene rings is 2. The van der Waals surface area contributed by atoms with Gasteiger partial charge in [-0.05, 0) is 37.6 Å². The van der Waals surface area contributed by atoms with Gasteiger partial charge in [0.2, 0.25) is 10.0 Å². The third kappa shape index (κ3) is 3.96. The molecule has 2 aromatic carbocycles. The van der Waals surface area contributed by atoms with Gasteiger partial charge in [0.25, 0.3) is 0 Å². The summed E-state index contributed by atoms with van der Waals surface area (Å²) in [4.78, 5) is 0.266. The van der Waals surface area contributed by atoms with Gasteiger partial charge in [-0.2, -0.15) is 0 Å². The highest BCUT2D eigenvalue weighted by Crippen LogP contribution is 2.17. The zero-order valence-corrected chi connectivity index (χ0v) is 13.5. The van der Waals surface area contributed by atoms with Crippen LogP contribution in [0.5, 0.6) is 0 Å². The molecular formula is C17H20N2O2S. The van der Waals surface area contributed by atoms with Crippen molar-refractivity contribution in [3.8, 4) is 0 Å². The standard InChI is InChI=1S/C17H20N2O2S/c1-13-8-10-15(11-9-13)22(20,21)19-12-4-6-16-14(2)5-3-7-17(16)18/h3-11,19H,12,18H2,1-2H3/b6-4+. The van der Waals surface area contributed by atoms with Crippen molar-refractivity contribution in [3.63, 3.8) is 0 Å². The second-order valence-electron chi connectivity index (χ2n) is 5.15. The fourth-order valence-electron chi connectivity index (χ4n) is 2.07. The molecule has 22 heavy (non-hydrogen) atoms. The summed E-state index contributed by atoms with van der Waals surface area (Å²) < 4.78 is 26.8. The highest BCUT2D eigenvalue weighted by Gasteiger charge is 2.11. The van der Waals surface area contributed by atoms with E-state index in [9.17, 15) is 8.42 Å². The van der Waals surface area contributed by atoms with Gasteiger partial charge in [0.15, 0.2) is 0 Å². The van der Waals surface area contributed by atoms with Crippen molar-refractivity contribution in [2.75, 3.05) is 12.3 Å². The largest absolute Gasteiger partial charge is 0.398 e. The third-order valence-electron chi connectivity index (χ3n) is 3.36. The molecule has 0 bridgehead atoms. The minimum atomic E-state index is -3.48. The molecule has 0 amide bonds. The molecule has 2 rings (SSSR count). The second kappa shape index (κ2) is 6.77. The number of hydrogen-bond donors (Lipinski definition) is 2. The van der Waals surface area contributed by atoms with E-state index in [0.29, 0.717) is 5.69 Å². The van der Waals surface area contributed by atoms with E-state index in [1.165, 1.54) is 0 Å². The van der Waals surface area contributed by atoms with E-state index < -0.39 is 10.0 Å². The second-order valence-corrected chi connectivity index (χ2v) is 6.91. The predicted molar refractivity (Wildman–Crippen MR) is 91.0 cm³/mol. The van der Waals surface area contributed by atoms with Crippen molar-refractivity contribution in [2.45, 2.75) is 18.7 Å². The summed E-state index contributed by atoms with van der Waals surface area (Å²) in [6.45, 7) is 4.09. The Hall–Kier alpha value is -2.11. The van der Waals surface area contributed by atoms with Crippen molar-refractivity contribution in [1.82, 2.24) is 4.72 Å². The Morgan fingerprint density at radius 1 is 1.09 bits per heavy atom. The van der Waals surface area contributed by atoms with Crippen molar-refractivity contribution in [1.29, 1.82) is 0 Å². The summed E-state index contributed by atoms with van der Waals surface area (Å²) in [5, 5.41) is 0. The third-order valence-corrected chi connectivity index (χ3v) is 4.80. The van der Waals surface area contributed by atoms with Gasteiger partial charge in [0.05, 0.1) is 4.90 Å². The van der Waals surface area contributed by atoms with Gasteiger partial charge in [-0.15, -0.1) is 0 Å². The Morgan fingerprint density at radius 3 is 2.41 bits per heavy atom. The fourth-order valence-corrected chi connectivity index (χ4v) is 3.04. The number of nitrogens with two attached hydrogens (primary N) is 1. The van der Waals surface area contributed by atoms with Crippen LogP contribution in [0.3, 0.4) is 0 Å². The highest BCUT2D eigenvalue weighted by molar-refractivity contribution is 7.89. The van der Waals surface area contributed by atoms with Crippen molar-refractivity contribution >= 4 is 21.8 Å². The van der Waals surface area contributed by atoms with Crippen LogP contribution in [-0.4, -0.2) is 15.0 Å². The minimum Gasteiger partial charge on any atom is -0.398 e. The lowest BCUT2D eigenvalue weighted by molar-refractivity contribution is 0.585. The Kier molecular flexibility index (Phi) is 5.00. The first kappa shape index (κ1) is 16.3. The summed E-state index contributed by atoms with van der Waals surface area (Å²) >= 11 is 0. The maximum absolute atomic E-state index is 12.1. The number of aryl methyl sites for hydroxylation is 2. The first-order chi connectivity index (χ1) is 10.4. The van der Waals surface area contributed by atoms with Crippen LogP contribution in [0.25, 0.3) is 6.08 Å². The lowest BCUT2D eigenvalue weighted by atomic mass is 10.1. The molecule has 4 nitrogen and oxygen atoms in total. The van der Waals surface area contributed by atoms with Crippen LogP contribution in [0.4, 0.5) is 5.69 Å². The molecule has 3 N–H and O–H groups in total. The summed E-state index contributed by atoms with van der Waals surface area (Å²) in [7, 11) is -3.48. The molecule has 0 aliphatic heterocycles. The number of anilines is 1. The van der Waals surface area contributed by atoms with E-state index >= 15 is 0 Å². The van der Waals surface area contributed by atoms with Gasteiger partial charge >= 0.3 is 0 Å². The van der Waals surface area contributed by atoms with Gasteiger partial charge in [0.1, 0.15) is 0 Å². The molecule has 0 heterocycles. The van der Waals surface area contributed by atoms with Crippen LogP contribution in [-0.2, 0) is 10.0 Å². The Labute approximate surface area is 131 Å². The van der Waals surface area contributed by atoms with E-state index in [-0.39, 0.29) is 11.4 Å². The lowest BCUT2D eigenvalue weighted by Crippen LogP contribution is -2.23. The number of nitrogen functional groups attached to an aromatic ring is 1. The van der Waals surface area contributed by atoms with Gasteiger partial charge in [-0.25, -0.2) is 13.1 Å². The molecule has 5 heteroatoms. The molecule has 0 spiro atoms. The normalized spacial score (nSPS) is 11.9. The molecule has 2 aromatic rings. The Balaban J connectivity index is 2.04. The molecule has 0 aromatic heterocycles. The molecule has 0 atom stereocenters. The fraction of sp³-hybridized carbons (Fsp3) is 0.176. The molecule has 0 radical (unpaired) electrons. The molecular weight excluding hydrogens is 296 g/mol. The van der Waals surface area contributed by atoms with Crippen LogP contribution in [0, 0.1) is 13.8 Å². The molecule has 116 valence electrons. The average molecular weight is 316 g/mol. The van der Waals surface area contributed by atoms with E-state index in [0.717, 1.165) is 16.7 Å². The summed E-state index contributed by atoms with van der Waals surface area (Å²) in [5.74, 6) is 0. The zero-order chi connectivity index (χ0) is 16.2. The molecule has 0 saturated heterocycles.